The molecule has 2 aliphatic heterocycles. The van der Waals surface area contributed by atoms with Crippen LogP contribution < -0.4 is 0 Å². The van der Waals surface area contributed by atoms with Crippen LogP contribution in [0.2, 0.25) is 0 Å². The summed E-state index contributed by atoms with van der Waals surface area (Å²) in [5.74, 6) is -58.0. The Morgan fingerprint density at radius 1 is 0.362 bits per heavy atom. The molecule has 0 aromatic rings. The van der Waals surface area contributed by atoms with Crippen molar-refractivity contribution in [2.45, 2.75) is 72.1 Å². The van der Waals surface area contributed by atoms with Crippen LogP contribution in [0, 0.1) is 0 Å². The van der Waals surface area contributed by atoms with Crippen molar-refractivity contribution < 1.29 is 138 Å². The minimum Gasteiger partial charge on any atom is -0.442 e. The van der Waals surface area contributed by atoms with Crippen molar-refractivity contribution in [3.63, 3.8) is 0 Å². The van der Waals surface area contributed by atoms with Gasteiger partial charge in [-0.1, -0.05) is 0 Å². The maximum absolute atomic E-state index is 15.3. The molecule has 2 fully saturated rings. The van der Waals surface area contributed by atoms with E-state index in [1.165, 1.54) is 0 Å². The number of rotatable bonds is 4. The van der Waals surface area contributed by atoms with E-state index in [1.54, 1.807) is 9.47 Å². The molecule has 47 heavy (non-hydrogen) atoms. The zero-order chi connectivity index (χ0) is 37.8. The Morgan fingerprint density at radius 2 is 0.574 bits per heavy atom. The summed E-state index contributed by atoms with van der Waals surface area (Å²) in [6.45, 7) is 0. The molecule has 5 nitrogen and oxygen atoms in total. The second-order valence-corrected chi connectivity index (χ2v) is 8.29. The molecule has 0 amide bonds. The average molecular weight is 766 g/mol. The van der Waals surface area contributed by atoms with Crippen LogP contribution in [0.1, 0.15) is 0 Å². The Labute approximate surface area is 235 Å². The van der Waals surface area contributed by atoms with E-state index in [4.69, 9.17) is 0 Å². The summed E-state index contributed by atoms with van der Waals surface area (Å²) < 4.78 is 363. The predicted molar refractivity (Wildman–Crippen MR) is 81.1 cm³/mol. The van der Waals surface area contributed by atoms with E-state index >= 15 is 8.78 Å². The first-order chi connectivity index (χ1) is 20.2. The first-order valence-electron chi connectivity index (χ1n) is 9.95. The van der Waals surface area contributed by atoms with Crippen LogP contribution in [0.4, 0.5) is 114 Å². The number of hydrogen-bond donors (Lipinski definition) is 0. The van der Waals surface area contributed by atoms with E-state index in [-0.39, 0.29) is 0 Å². The Morgan fingerprint density at radius 3 is 0.745 bits per heavy atom. The molecule has 2 heterocycles. The van der Waals surface area contributed by atoms with Crippen molar-refractivity contribution in [2.75, 3.05) is 0 Å². The molecule has 0 aliphatic carbocycles. The molecule has 2 aliphatic rings. The van der Waals surface area contributed by atoms with Gasteiger partial charge in [0, 0.05) is 0 Å². The molecule has 0 N–H and O–H groups in total. The highest BCUT2D eigenvalue weighted by Crippen LogP contribution is 2.66. The van der Waals surface area contributed by atoms with E-state index in [9.17, 15) is 105 Å². The zero-order valence-electron chi connectivity index (χ0n) is 19.9. The zero-order valence-corrected chi connectivity index (χ0v) is 19.9. The van der Waals surface area contributed by atoms with Crippen LogP contribution in [0.15, 0.2) is 23.7 Å². The van der Waals surface area contributed by atoms with E-state index in [2.05, 4.69) is 4.74 Å². The third kappa shape index (κ3) is 5.37. The van der Waals surface area contributed by atoms with Gasteiger partial charge in [-0.05, 0) is 0 Å². The van der Waals surface area contributed by atoms with E-state index in [0.717, 1.165) is 0 Å². The largest absolute Gasteiger partial charge is 0.458 e. The smallest absolute Gasteiger partial charge is 0.442 e. The number of hydrogen-bond acceptors (Lipinski definition) is 5. The maximum Gasteiger partial charge on any atom is 0.458 e. The lowest BCUT2D eigenvalue weighted by Crippen LogP contribution is -2.77. The van der Waals surface area contributed by atoms with Crippen LogP contribution in [-0.4, -0.2) is 72.1 Å². The average Bonchev–Trinajstić information content (AvgIpc) is 2.78. The summed E-state index contributed by atoms with van der Waals surface area (Å²) in [7, 11) is 0. The Bertz CT molecular complexity index is 1210. The highest BCUT2D eigenvalue weighted by atomic mass is 19.4. The second-order valence-electron chi connectivity index (χ2n) is 8.29. The molecule has 2 rings (SSSR count). The third-order valence-electron chi connectivity index (χ3n) is 5.27. The van der Waals surface area contributed by atoms with Crippen molar-refractivity contribution in [1.82, 2.24) is 0 Å². The highest BCUT2D eigenvalue weighted by Gasteiger charge is 2.93. The van der Waals surface area contributed by atoms with E-state index in [1.807, 2.05) is 9.47 Å². The van der Waals surface area contributed by atoms with Gasteiger partial charge in [-0.2, -0.15) is 114 Å². The van der Waals surface area contributed by atoms with Crippen LogP contribution in [-0.2, 0) is 23.7 Å². The summed E-state index contributed by atoms with van der Waals surface area (Å²) >= 11 is 0. The van der Waals surface area contributed by atoms with Crippen molar-refractivity contribution in [2.24, 2.45) is 0 Å². The van der Waals surface area contributed by atoms with Gasteiger partial charge in [0.2, 0.25) is 11.5 Å². The fraction of sp³-hybridized carbons (Fsp3) is 0.750. The Balaban J connectivity index is 3.07. The molecule has 31 heteroatoms. The molecular formula is C16F26O5. The van der Waals surface area contributed by atoms with Crippen LogP contribution in [0.3, 0.4) is 0 Å². The monoisotopic (exact) mass is 766 g/mol. The van der Waals surface area contributed by atoms with Crippen molar-refractivity contribution >= 4 is 0 Å². The molecule has 0 radical (unpaired) electrons. The normalized spacial score (nSPS) is 38.1. The van der Waals surface area contributed by atoms with Gasteiger partial charge in [-0.25, -0.2) is 0 Å². The third-order valence-corrected chi connectivity index (χ3v) is 5.27. The van der Waals surface area contributed by atoms with Gasteiger partial charge in [0.15, 0.2) is 0 Å². The van der Waals surface area contributed by atoms with E-state index < -0.39 is 95.7 Å². The lowest BCUT2D eigenvalue weighted by molar-refractivity contribution is -0.599. The number of alkyl halides is 22. The summed E-state index contributed by atoms with van der Waals surface area (Å²) in [5, 5.41) is 0. The summed E-state index contributed by atoms with van der Waals surface area (Å²) in [6, 6.07) is 0. The van der Waals surface area contributed by atoms with Crippen LogP contribution in [0.25, 0.3) is 0 Å². The van der Waals surface area contributed by atoms with Gasteiger partial charge < -0.3 is 4.74 Å². The first-order valence-corrected chi connectivity index (χ1v) is 9.95. The fourth-order valence-electron chi connectivity index (χ4n) is 3.12. The molecule has 0 saturated carbocycles. The van der Waals surface area contributed by atoms with Crippen molar-refractivity contribution in [3.8, 4) is 0 Å². The maximum atomic E-state index is 15.3. The minimum absolute atomic E-state index is 1.64. The van der Waals surface area contributed by atoms with Crippen molar-refractivity contribution in [1.29, 1.82) is 0 Å². The molecule has 0 bridgehead atoms. The molecule has 2 saturated heterocycles. The summed E-state index contributed by atoms with van der Waals surface area (Å²) in [5.41, 5.74) is 0. The quantitative estimate of drug-likeness (QED) is 0.212. The highest BCUT2D eigenvalue weighted by molar-refractivity contribution is 5.26. The fourth-order valence-corrected chi connectivity index (χ4v) is 3.12. The second kappa shape index (κ2) is 10.4. The van der Waals surface area contributed by atoms with Gasteiger partial charge in [0.05, 0.1) is 0 Å². The van der Waals surface area contributed by atoms with Gasteiger partial charge in [-0.3, -0.25) is 18.9 Å². The molecule has 6 unspecified atom stereocenters. The molecule has 276 valence electrons. The van der Waals surface area contributed by atoms with Gasteiger partial charge >= 0.3 is 84.2 Å². The number of ether oxygens (including phenoxy) is 5. The summed E-state index contributed by atoms with van der Waals surface area (Å²) in [6.07, 6.45) is -57.7. The number of halogens is 26. The summed E-state index contributed by atoms with van der Waals surface area (Å²) in [4.78, 5) is 0. The predicted octanol–water partition coefficient (Wildman–Crippen LogP) is 8.74. The van der Waals surface area contributed by atoms with Crippen LogP contribution in [0.5, 0.6) is 0 Å². The van der Waals surface area contributed by atoms with Gasteiger partial charge in [-0.15, -0.1) is 0 Å². The molecular weight excluding hydrogens is 766 g/mol. The minimum atomic E-state index is -8.06. The van der Waals surface area contributed by atoms with E-state index in [0.29, 0.717) is 0 Å². The van der Waals surface area contributed by atoms with Gasteiger partial charge in [0.25, 0.3) is 0 Å². The first kappa shape index (κ1) is 40.5. The standard InChI is InChI=1S/C16F26O5/c17-3(18)1(5(21)7(23,11(27,28)29)46-15(39,40)9(25,44-5)13(33,34)35)43-2(4(19)20)6(22)8(24,12(30,31)32)47-16(41,42)10(26,45-6)14(36,37)38. The topological polar surface area (TPSA) is 46.2 Å². The van der Waals surface area contributed by atoms with Gasteiger partial charge in [0.1, 0.15) is 0 Å². The Hall–Kier alpha value is -2.70. The van der Waals surface area contributed by atoms with Crippen LogP contribution >= 0.6 is 0 Å². The molecule has 0 aromatic carbocycles. The molecule has 0 aromatic heterocycles. The molecule has 6 atom stereocenters. The molecule has 0 spiro atoms. The lowest BCUT2D eigenvalue weighted by Gasteiger charge is -2.51. The Kier molecular flexibility index (Phi) is 8.96. The lowest BCUT2D eigenvalue weighted by atomic mass is 10.00. The van der Waals surface area contributed by atoms with Crippen molar-refractivity contribution in [3.05, 3.63) is 23.7 Å². The SMILES string of the molecule is FC(F)=C(OC(=C(F)F)C1(F)OC(F)(C(F)(F)F)C(F)(F)OC1(F)C(F)(F)F)C1(F)OC(F)(C(F)(F)F)C(F)(F)OC1(F)C(F)(F)F.